The van der Waals surface area contributed by atoms with E-state index >= 15 is 0 Å². The molecule has 2 N–H and O–H groups in total. The zero-order chi connectivity index (χ0) is 18.4. The van der Waals surface area contributed by atoms with Crippen LogP contribution in [0.1, 0.15) is 38.5 Å². The lowest BCUT2D eigenvalue weighted by molar-refractivity contribution is 0.134. The van der Waals surface area contributed by atoms with Crippen molar-refractivity contribution in [3.63, 3.8) is 0 Å². The predicted octanol–water partition coefficient (Wildman–Crippen LogP) is 3.48. The summed E-state index contributed by atoms with van der Waals surface area (Å²) in [5.74, 6) is 1.85. The quantitative estimate of drug-likeness (QED) is 0.814. The van der Waals surface area contributed by atoms with E-state index in [0.717, 1.165) is 12.6 Å². The zero-order valence-corrected chi connectivity index (χ0v) is 15.9. The molecule has 1 aromatic carbocycles. The van der Waals surface area contributed by atoms with Crippen LogP contribution < -0.4 is 20.1 Å². The minimum Gasteiger partial charge on any atom is -0.497 e. The number of nitrogens with zero attached hydrogens (tertiary/aromatic N) is 1. The Morgan fingerprint density at radius 2 is 1.85 bits per heavy atom. The van der Waals surface area contributed by atoms with Gasteiger partial charge in [0, 0.05) is 18.7 Å². The first-order valence-corrected chi connectivity index (χ1v) is 9.70. The summed E-state index contributed by atoms with van der Waals surface area (Å²) in [5, 5.41) is 5.87. The van der Waals surface area contributed by atoms with Crippen LogP contribution in [0.25, 0.3) is 0 Å². The summed E-state index contributed by atoms with van der Waals surface area (Å²) in [6.07, 6.45) is 7.86. The molecule has 0 unspecified atom stereocenters. The number of rotatable bonds is 6. The predicted molar refractivity (Wildman–Crippen MR) is 103 cm³/mol. The Morgan fingerprint density at radius 1 is 1.12 bits per heavy atom. The monoisotopic (exact) mass is 361 g/mol. The van der Waals surface area contributed by atoms with Crippen molar-refractivity contribution < 1.29 is 14.3 Å². The number of likely N-dealkylation sites (tertiary alicyclic amines) is 1. The topological polar surface area (TPSA) is 62.8 Å². The van der Waals surface area contributed by atoms with Gasteiger partial charge >= 0.3 is 6.03 Å². The molecule has 1 heterocycles. The molecular weight excluding hydrogens is 330 g/mol. The minimum absolute atomic E-state index is 0.188. The number of amides is 2. The maximum Gasteiger partial charge on any atom is 0.319 e. The van der Waals surface area contributed by atoms with Crippen molar-refractivity contribution in [1.82, 2.24) is 10.2 Å². The number of benzene rings is 1. The molecule has 2 amide bonds. The molecule has 2 aliphatic rings. The van der Waals surface area contributed by atoms with Crippen molar-refractivity contribution in [2.45, 2.75) is 44.6 Å². The van der Waals surface area contributed by atoms with Gasteiger partial charge in [-0.1, -0.05) is 12.8 Å². The Kier molecular flexibility index (Phi) is 6.61. The SMILES string of the molecule is COc1ccc(NC(=O)NCC2CCN(C3CCCC3)CC2)c(OC)c1. The molecule has 144 valence electrons. The van der Waals surface area contributed by atoms with Gasteiger partial charge in [-0.3, -0.25) is 0 Å². The van der Waals surface area contributed by atoms with Gasteiger partial charge in [0.2, 0.25) is 0 Å². The first-order valence-electron chi connectivity index (χ1n) is 9.70. The number of carbonyl (C=O) groups excluding carboxylic acids is 1. The Labute approximate surface area is 156 Å². The molecule has 1 aliphatic heterocycles. The van der Waals surface area contributed by atoms with E-state index in [2.05, 4.69) is 15.5 Å². The summed E-state index contributed by atoms with van der Waals surface area (Å²) in [5.41, 5.74) is 0.641. The molecule has 1 aromatic rings. The summed E-state index contributed by atoms with van der Waals surface area (Å²) >= 11 is 0. The molecule has 1 aliphatic carbocycles. The van der Waals surface area contributed by atoms with Crippen molar-refractivity contribution in [2.75, 3.05) is 39.2 Å². The highest BCUT2D eigenvalue weighted by Gasteiger charge is 2.27. The van der Waals surface area contributed by atoms with Crippen LogP contribution in [0.3, 0.4) is 0 Å². The number of carbonyl (C=O) groups is 1. The van der Waals surface area contributed by atoms with Crippen LogP contribution in [0.15, 0.2) is 18.2 Å². The molecule has 0 aromatic heterocycles. The summed E-state index contributed by atoms with van der Waals surface area (Å²) in [6.45, 7) is 3.07. The van der Waals surface area contributed by atoms with E-state index in [0.29, 0.717) is 23.1 Å². The molecule has 6 nitrogen and oxygen atoms in total. The lowest BCUT2D eigenvalue weighted by Crippen LogP contribution is -2.43. The fourth-order valence-corrected chi connectivity index (χ4v) is 4.10. The van der Waals surface area contributed by atoms with Crippen molar-refractivity contribution in [3.8, 4) is 11.5 Å². The van der Waals surface area contributed by atoms with Crippen LogP contribution in [-0.2, 0) is 0 Å². The van der Waals surface area contributed by atoms with Crippen LogP contribution in [0.2, 0.25) is 0 Å². The molecule has 1 saturated carbocycles. The van der Waals surface area contributed by atoms with Crippen molar-refractivity contribution in [2.24, 2.45) is 5.92 Å². The van der Waals surface area contributed by atoms with Crippen LogP contribution in [0.5, 0.6) is 11.5 Å². The third-order valence-electron chi connectivity index (χ3n) is 5.70. The summed E-state index contributed by atoms with van der Waals surface area (Å²) in [7, 11) is 3.18. The second-order valence-corrected chi connectivity index (χ2v) is 7.32. The molecule has 2 fully saturated rings. The van der Waals surface area contributed by atoms with Gasteiger partial charge in [-0.2, -0.15) is 0 Å². The fraction of sp³-hybridized carbons (Fsp3) is 0.650. The molecular formula is C20H31N3O3. The molecule has 0 bridgehead atoms. The number of methoxy groups -OCH3 is 2. The molecule has 3 rings (SSSR count). The van der Waals surface area contributed by atoms with E-state index in [4.69, 9.17) is 9.47 Å². The number of piperidine rings is 1. The number of hydrogen-bond donors (Lipinski definition) is 2. The molecule has 6 heteroatoms. The van der Waals surface area contributed by atoms with Gasteiger partial charge < -0.3 is 25.0 Å². The van der Waals surface area contributed by atoms with Gasteiger partial charge in [-0.05, 0) is 56.8 Å². The normalized spacial score (nSPS) is 19.3. The standard InChI is InChI=1S/C20H31N3O3/c1-25-17-7-8-18(19(13-17)26-2)22-20(24)21-14-15-9-11-23(12-10-15)16-5-3-4-6-16/h7-8,13,15-16H,3-6,9-12,14H2,1-2H3,(H2,21,22,24). The van der Waals surface area contributed by atoms with Gasteiger partial charge in [0.1, 0.15) is 11.5 Å². The Balaban J connectivity index is 1.42. The van der Waals surface area contributed by atoms with Crippen molar-refractivity contribution in [1.29, 1.82) is 0 Å². The van der Waals surface area contributed by atoms with Crippen LogP contribution in [0, 0.1) is 5.92 Å². The second kappa shape index (κ2) is 9.12. The summed E-state index contributed by atoms with van der Waals surface area (Å²) < 4.78 is 10.5. The summed E-state index contributed by atoms with van der Waals surface area (Å²) in [6, 6.07) is 5.98. The molecule has 1 saturated heterocycles. The molecule has 0 spiro atoms. The number of urea groups is 1. The number of hydrogen-bond acceptors (Lipinski definition) is 4. The minimum atomic E-state index is -0.188. The lowest BCUT2D eigenvalue weighted by Gasteiger charge is -2.36. The highest BCUT2D eigenvalue weighted by Crippen LogP contribution is 2.29. The van der Waals surface area contributed by atoms with E-state index in [1.165, 1.54) is 51.6 Å². The number of ether oxygens (including phenoxy) is 2. The third kappa shape index (κ3) is 4.81. The van der Waals surface area contributed by atoms with Gasteiger partial charge in [0.15, 0.2) is 0 Å². The second-order valence-electron chi connectivity index (χ2n) is 7.32. The Bertz CT molecular complexity index is 594. The first kappa shape index (κ1) is 18.8. The fourth-order valence-electron chi connectivity index (χ4n) is 4.10. The highest BCUT2D eigenvalue weighted by molar-refractivity contribution is 5.91. The first-order chi connectivity index (χ1) is 12.7. The average molecular weight is 361 g/mol. The van der Waals surface area contributed by atoms with Crippen molar-refractivity contribution >= 4 is 11.7 Å². The molecule has 26 heavy (non-hydrogen) atoms. The van der Waals surface area contributed by atoms with Crippen LogP contribution in [0.4, 0.5) is 10.5 Å². The molecule has 0 radical (unpaired) electrons. The van der Waals surface area contributed by atoms with Crippen LogP contribution in [-0.4, -0.2) is 50.8 Å². The van der Waals surface area contributed by atoms with E-state index in [1.807, 2.05) is 0 Å². The van der Waals surface area contributed by atoms with Crippen LogP contribution >= 0.6 is 0 Å². The van der Waals surface area contributed by atoms with E-state index < -0.39 is 0 Å². The zero-order valence-electron chi connectivity index (χ0n) is 15.9. The van der Waals surface area contributed by atoms with Gasteiger partial charge in [-0.25, -0.2) is 4.79 Å². The number of anilines is 1. The van der Waals surface area contributed by atoms with Crippen molar-refractivity contribution in [3.05, 3.63) is 18.2 Å². The maximum atomic E-state index is 12.2. The largest absolute Gasteiger partial charge is 0.497 e. The van der Waals surface area contributed by atoms with Gasteiger partial charge in [-0.15, -0.1) is 0 Å². The van der Waals surface area contributed by atoms with E-state index in [1.54, 1.807) is 32.4 Å². The van der Waals surface area contributed by atoms with E-state index in [9.17, 15) is 4.79 Å². The number of nitrogens with one attached hydrogen (secondary N) is 2. The lowest BCUT2D eigenvalue weighted by atomic mass is 9.95. The summed E-state index contributed by atoms with van der Waals surface area (Å²) in [4.78, 5) is 14.9. The Hall–Kier alpha value is -1.95. The highest BCUT2D eigenvalue weighted by atomic mass is 16.5. The van der Waals surface area contributed by atoms with E-state index in [-0.39, 0.29) is 6.03 Å². The Morgan fingerprint density at radius 3 is 2.50 bits per heavy atom. The smallest absolute Gasteiger partial charge is 0.319 e. The van der Waals surface area contributed by atoms with Gasteiger partial charge in [0.25, 0.3) is 0 Å². The molecule has 0 atom stereocenters. The average Bonchev–Trinajstić information content (AvgIpc) is 3.22. The van der Waals surface area contributed by atoms with Gasteiger partial charge in [0.05, 0.1) is 19.9 Å². The maximum absolute atomic E-state index is 12.2. The third-order valence-corrected chi connectivity index (χ3v) is 5.70.